The molecule has 6 nitrogen and oxygen atoms in total. The largest absolute Gasteiger partial charge is 0.379 e. The third-order valence-electron chi connectivity index (χ3n) is 7.26. The Morgan fingerprint density at radius 2 is 1.88 bits per heavy atom. The smallest absolute Gasteiger partial charge is 0.170 e. The molecule has 0 aromatic carbocycles. The monoisotopic (exact) mass is 453 g/mol. The third kappa shape index (κ3) is 4.70. The van der Waals surface area contributed by atoms with Crippen molar-refractivity contribution < 1.29 is 4.74 Å². The molecule has 5 rings (SSSR count). The Morgan fingerprint density at radius 1 is 1.03 bits per heavy atom. The van der Waals surface area contributed by atoms with Crippen LogP contribution in [0, 0.1) is 0 Å². The molecular weight excluding hydrogens is 418 g/mol. The summed E-state index contributed by atoms with van der Waals surface area (Å²) >= 11 is 5.88. The van der Waals surface area contributed by atoms with Gasteiger partial charge in [-0.1, -0.05) is 25.3 Å². The zero-order valence-corrected chi connectivity index (χ0v) is 19.7. The second-order valence-corrected chi connectivity index (χ2v) is 9.65. The Morgan fingerprint density at radius 3 is 2.66 bits per heavy atom. The van der Waals surface area contributed by atoms with Gasteiger partial charge in [-0.2, -0.15) is 0 Å². The molecule has 2 aromatic heterocycles. The summed E-state index contributed by atoms with van der Waals surface area (Å²) in [6.07, 6.45) is 11.8. The van der Waals surface area contributed by atoms with Crippen LogP contribution in [0.2, 0.25) is 0 Å². The number of nitrogens with zero attached hydrogens (tertiary/aromatic N) is 4. The van der Waals surface area contributed by atoms with E-state index in [0.29, 0.717) is 6.04 Å². The van der Waals surface area contributed by atoms with Gasteiger partial charge in [0.05, 0.1) is 31.0 Å². The standard InChI is InChI=1S/C25H35N5OS/c32-25-27-23(21-10-4-5-12-26-21)24(30(25)15-7-13-28-16-18-31-19-17-28)22-11-6-14-29(22)20-8-2-1-3-9-20/h4-6,10-12,14,20,23-24H,1-3,7-9,13,15-19H2,(H,27,32)/t23-,24+/m0/s1. The molecular formula is C25H35N5OS. The number of hydrogen-bond donors (Lipinski definition) is 1. The van der Waals surface area contributed by atoms with E-state index >= 15 is 0 Å². The van der Waals surface area contributed by atoms with Crippen LogP contribution in [0.15, 0.2) is 42.7 Å². The average molecular weight is 454 g/mol. The molecule has 2 aliphatic heterocycles. The van der Waals surface area contributed by atoms with E-state index in [2.05, 4.69) is 50.1 Å². The highest BCUT2D eigenvalue weighted by Gasteiger charge is 2.41. The van der Waals surface area contributed by atoms with E-state index in [1.54, 1.807) is 0 Å². The molecule has 0 spiro atoms. The van der Waals surface area contributed by atoms with E-state index in [0.717, 1.165) is 56.6 Å². The van der Waals surface area contributed by atoms with Crippen molar-refractivity contribution in [2.45, 2.75) is 56.7 Å². The fraction of sp³-hybridized carbons (Fsp3) is 0.600. The Hall–Kier alpha value is -1.96. The molecule has 172 valence electrons. The number of rotatable bonds is 7. The molecule has 4 heterocycles. The van der Waals surface area contributed by atoms with Gasteiger partial charge in [-0.3, -0.25) is 9.88 Å². The Balaban J connectivity index is 1.39. The number of aromatic nitrogens is 2. The minimum Gasteiger partial charge on any atom is -0.379 e. The van der Waals surface area contributed by atoms with Crippen LogP contribution in [-0.2, 0) is 4.74 Å². The average Bonchev–Trinajstić information content (AvgIpc) is 3.45. The van der Waals surface area contributed by atoms with Crippen molar-refractivity contribution in [1.29, 1.82) is 0 Å². The van der Waals surface area contributed by atoms with Crippen molar-refractivity contribution in [3.05, 3.63) is 54.1 Å². The summed E-state index contributed by atoms with van der Waals surface area (Å²) in [5, 5.41) is 4.48. The molecule has 1 saturated carbocycles. The highest BCUT2D eigenvalue weighted by molar-refractivity contribution is 7.80. The number of nitrogens with one attached hydrogen (secondary N) is 1. The molecule has 2 atom stereocenters. The molecule has 3 aliphatic rings. The van der Waals surface area contributed by atoms with Gasteiger partial charge < -0.3 is 19.5 Å². The van der Waals surface area contributed by atoms with E-state index in [4.69, 9.17) is 21.9 Å². The summed E-state index contributed by atoms with van der Waals surface area (Å²) in [5.74, 6) is 0. The van der Waals surface area contributed by atoms with Crippen LogP contribution in [0.25, 0.3) is 0 Å². The van der Waals surface area contributed by atoms with Crippen LogP contribution >= 0.6 is 12.2 Å². The van der Waals surface area contributed by atoms with Crippen molar-refractivity contribution in [3.63, 3.8) is 0 Å². The highest BCUT2D eigenvalue weighted by atomic mass is 32.1. The van der Waals surface area contributed by atoms with Crippen molar-refractivity contribution in [3.8, 4) is 0 Å². The molecule has 1 aliphatic carbocycles. The van der Waals surface area contributed by atoms with Crippen LogP contribution in [0.5, 0.6) is 0 Å². The van der Waals surface area contributed by atoms with E-state index < -0.39 is 0 Å². The lowest BCUT2D eigenvalue weighted by Gasteiger charge is -2.33. The van der Waals surface area contributed by atoms with E-state index in [1.807, 2.05) is 12.3 Å². The molecule has 1 N–H and O–H groups in total. The molecule has 0 amide bonds. The van der Waals surface area contributed by atoms with Crippen molar-refractivity contribution >= 4 is 17.3 Å². The Bertz CT molecular complexity index is 875. The molecule has 0 radical (unpaired) electrons. The van der Waals surface area contributed by atoms with Crippen molar-refractivity contribution in [2.24, 2.45) is 0 Å². The topological polar surface area (TPSA) is 45.6 Å². The summed E-state index contributed by atoms with van der Waals surface area (Å²) in [6.45, 7) is 5.81. The highest BCUT2D eigenvalue weighted by Crippen LogP contribution is 2.41. The van der Waals surface area contributed by atoms with Gasteiger partial charge >= 0.3 is 0 Å². The molecule has 2 aromatic rings. The summed E-state index contributed by atoms with van der Waals surface area (Å²) in [7, 11) is 0. The number of thiocarbonyl (C=S) groups is 1. The Kier molecular flexibility index (Phi) is 7.05. The molecule has 7 heteroatoms. The second-order valence-electron chi connectivity index (χ2n) is 9.26. The van der Waals surface area contributed by atoms with Crippen LogP contribution in [0.3, 0.4) is 0 Å². The summed E-state index contributed by atoms with van der Waals surface area (Å²) in [4.78, 5) is 9.63. The predicted molar refractivity (Wildman–Crippen MR) is 131 cm³/mol. The van der Waals surface area contributed by atoms with Gasteiger partial charge in [0.15, 0.2) is 5.11 Å². The molecule has 0 bridgehead atoms. The second kappa shape index (κ2) is 10.3. The van der Waals surface area contributed by atoms with Crippen LogP contribution in [0.1, 0.15) is 68.0 Å². The molecule has 2 saturated heterocycles. The number of morpholine rings is 1. The van der Waals surface area contributed by atoms with Gasteiger partial charge in [0.1, 0.15) is 0 Å². The SMILES string of the molecule is S=C1N[C@@H](c2ccccn2)[C@@H](c2cccn2C2CCCCC2)N1CCCN1CCOCC1. The first-order chi connectivity index (χ1) is 15.8. The lowest BCUT2D eigenvalue weighted by Crippen LogP contribution is -2.39. The van der Waals surface area contributed by atoms with Gasteiger partial charge in [-0.25, -0.2) is 0 Å². The van der Waals surface area contributed by atoms with Gasteiger partial charge in [0, 0.05) is 50.3 Å². The summed E-state index contributed by atoms with van der Waals surface area (Å²) < 4.78 is 8.05. The van der Waals surface area contributed by atoms with Crippen LogP contribution < -0.4 is 5.32 Å². The first-order valence-electron chi connectivity index (χ1n) is 12.3. The normalized spacial score (nSPS) is 25.2. The molecule has 3 fully saturated rings. The lowest BCUT2D eigenvalue weighted by atomic mass is 9.94. The van der Waals surface area contributed by atoms with E-state index in [9.17, 15) is 0 Å². The van der Waals surface area contributed by atoms with Crippen molar-refractivity contribution in [2.75, 3.05) is 39.4 Å². The van der Waals surface area contributed by atoms with Gasteiger partial charge in [0.2, 0.25) is 0 Å². The zero-order chi connectivity index (χ0) is 21.8. The summed E-state index contributed by atoms with van der Waals surface area (Å²) in [5.41, 5.74) is 2.43. The fourth-order valence-electron chi connectivity index (χ4n) is 5.61. The fourth-order valence-corrected chi connectivity index (χ4v) is 5.94. The first-order valence-corrected chi connectivity index (χ1v) is 12.7. The van der Waals surface area contributed by atoms with E-state index in [-0.39, 0.29) is 12.1 Å². The lowest BCUT2D eigenvalue weighted by molar-refractivity contribution is 0.0365. The zero-order valence-electron chi connectivity index (χ0n) is 18.9. The van der Waals surface area contributed by atoms with Crippen LogP contribution in [-0.4, -0.2) is 63.9 Å². The van der Waals surface area contributed by atoms with Crippen LogP contribution in [0.4, 0.5) is 0 Å². The van der Waals surface area contributed by atoms with E-state index in [1.165, 1.54) is 37.8 Å². The minimum absolute atomic E-state index is 0.0735. The first kappa shape index (κ1) is 21.9. The maximum atomic E-state index is 5.88. The van der Waals surface area contributed by atoms with Gasteiger partial charge in [-0.05, 0) is 55.7 Å². The van der Waals surface area contributed by atoms with Gasteiger partial charge in [0.25, 0.3) is 0 Å². The number of ether oxygens (including phenoxy) is 1. The quantitative estimate of drug-likeness (QED) is 0.638. The maximum Gasteiger partial charge on any atom is 0.170 e. The number of hydrogen-bond acceptors (Lipinski definition) is 4. The minimum atomic E-state index is 0.0735. The predicted octanol–water partition coefficient (Wildman–Crippen LogP) is 4.08. The Labute approximate surface area is 196 Å². The van der Waals surface area contributed by atoms with Crippen molar-refractivity contribution in [1.82, 2.24) is 24.7 Å². The van der Waals surface area contributed by atoms with Gasteiger partial charge in [-0.15, -0.1) is 0 Å². The maximum absolute atomic E-state index is 5.88. The number of pyridine rings is 1. The molecule has 32 heavy (non-hydrogen) atoms. The third-order valence-corrected chi connectivity index (χ3v) is 7.61. The summed E-state index contributed by atoms with van der Waals surface area (Å²) in [6, 6.07) is 11.5. The molecule has 0 unspecified atom stereocenters.